The van der Waals surface area contributed by atoms with Gasteiger partial charge in [0.2, 0.25) is 0 Å². The summed E-state index contributed by atoms with van der Waals surface area (Å²) in [6, 6.07) is 1.22. The van der Waals surface area contributed by atoms with Crippen molar-refractivity contribution in [3.05, 3.63) is 46.5 Å². The van der Waals surface area contributed by atoms with Crippen molar-refractivity contribution in [3.8, 4) is 0 Å². The minimum atomic E-state index is -4.39. The van der Waals surface area contributed by atoms with Crippen LogP contribution in [0, 0.1) is 0 Å². The highest BCUT2D eigenvalue weighted by Gasteiger charge is 2.33. The summed E-state index contributed by atoms with van der Waals surface area (Å²) in [5.74, 6) is 0.833. The third kappa shape index (κ3) is 2.72. The summed E-state index contributed by atoms with van der Waals surface area (Å²) >= 11 is 0. The molecule has 3 aromatic rings. The fourth-order valence-corrected chi connectivity index (χ4v) is 4.08. The Balaban J connectivity index is 1.57. The molecule has 27 heavy (non-hydrogen) atoms. The lowest BCUT2D eigenvalue weighted by atomic mass is 9.92. The molecule has 0 bridgehead atoms. The third-order valence-corrected chi connectivity index (χ3v) is 5.41. The summed E-state index contributed by atoms with van der Waals surface area (Å²) in [4.78, 5) is 6.11. The number of pyridine rings is 1. The molecule has 4 heterocycles. The molecule has 9 heteroatoms. The van der Waals surface area contributed by atoms with E-state index in [1.165, 1.54) is 6.07 Å². The Labute approximate surface area is 153 Å². The maximum atomic E-state index is 13.1. The van der Waals surface area contributed by atoms with E-state index in [-0.39, 0.29) is 0 Å². The van der Waals surface area contributed by atoms with Gasteiger partial charge in [-0.1, -0.05) is 0 Å². The molecule has 0 spiro atoms. The Kier molecular flexibility index (Phi) is 3.60. The largest absolute Gasteiger partial charge is 0.417 e. The number of anilines is 1. The lowest BCUT2D eigenvalue weighted by Gasteiger charge is -2.32. The maximum absolute atomic E-state index is 13.1. The van der Waals surface area contributed by atoms with Gasteiger partial charge in [0.1, 0.15) is 6.33 Å². The summed E-state index contributed by atoms with van der Waals surface area (Å²) in [6.45, 7) is 1.05. The van der Waals surface area contributed by atoms with Gasteiger partial charge in [0.15, 0.2) is 11.5 Å². The van der Waals surface area contributed by atoms with Gasteiger partial charge in [-0.2, -0.15) is 17.7 Å². The van der Waals surface area contributed by atoms with Crippen molar-refractivity contribution in [2.45, 2.75) is 44.8 Å². The molecule has 1 aliphatic carbocycles. The van der Waals surface area contributed by atoms with Crippen LogP contribution < -0.4 is 4.90 Å². The molecular formula is C18H17F3N6. The van der Waals surface area contributed by atoms with Crippen molar-refractivity contribution >= 4 is 11.5 Å². The van der Waals surface area contributed by atoms with Crippen LogP contribution in [0.2, 0.25) is 0 Å². The van der Waals surface area contributed by atoms with Crippen molar-refractivity contribution in [2.24, 2.45) is 0 Å². The summed E-state index contributed by atoms with van der Waals surface area (Å²) in [5.41, 5.74) is 3.76. The topological polar surface area (TPSA) is 59.2 Å². The molecule has 5 rings (SSSR count). The Morgan fingerprint density at radius 2 is 1.85 bits per heavy atom. The summed E-state index contributed by atoms with van der Waals surface area (Å²) in [6.07, 6.45) is 2.74. The standard InChI is InChI=1S/C18H17F3N6/c19-18(20,21)12-7-11-9-26(6-5-15(11)22-8-12)17-14-4-2-1-3-13(14)16-24-23-10-27(16)25-17/h7-8,10H,1-6,9H2. The van der Waals surface area contributed by atoms with Crippen LogP contribution in [0.4, 0.5) is 19.0 Å². The number of halogens is 3. The summed E-state index contributed by atoms with van der Waals surface area (Å²) < 4.78 is 40.9. The van der Waals surface area contributed by atoms with E-state index in [2.05, 4.69) is 20.1 Å². The number of alkyl halides is 3. The van der Waals surface area contributed by atoms with Crippen LogP contribution in [0.25, 0.3) is 5.65 Å². The molecule has 0 aromatic carbocycles. The molecule has 0 atom stereocenters. The number of fused-ring (bicyclic) bond motifs is 4. The van der Waals surface area contributed by atoms with E-state index in [1.807, 2.05) is 0 Å². The van der Waals surface area contributed by atoms with E-state index in [0.717, 1.165) is 60.2 Å². The number of nitrogens with zero attached hydrogens (tertiary/aromatic N) is 6. The highest BCUT2D eigenvalue weighted by atomic mass is 19.4. The van der Waals surface area contributed by atoms with Crippen molar-refractivity contribution in [3.63, 3.8) is 0 Å². The van der Waals surface area contributed by atoms with Gasteiger partial charge in [0, 0.05) is 42.5 Å². The van der Waals surface area contributed by atoms with Gasteiger partial charge in [-0.3, -0.25) is 4.98 Å². The smallest absolute Gasteiger partial charge is 0.350 e. The second-order valence-electron chi connectivity index (χ2n) is 7.09. The molecule has 0 amide bonds. The van der Waals surface area contributed by atoms with Crippen LogP contribution in [0.15, 0.2) is 18.6 Å². The number of aromatic nitrogens is 5. The normalized spacial score (nSPS) is 17.1. The Morgan fingerprint density at radius 3 is 2.67 bits per heavy atom. The lowest BCUT2D eigenvalue weighted by Crippen LogP contribution is -2.34. The molecule has 0 unspecified atom stereocenters. The second kappa shape index (κ2) is 5.90. The first-order chi connectivity index (χ1) is 13.0. The van der Waals surface area contributed by atoms with E-state index in [9.17, 15) is 13.2 Å². The average Bonchev–Trinajstić information content (AvgIpc) is 3.14. The lowest BCUT2D eigenvalue weighted by molar-refractivity contribution is -0.137. The van der Waals surface area contributed by atoms with E-state index < -0.39 is 11.7 Å². The molecule has 0 saturated heterocycles. The Hall–Kier alpha value is -2.71. The van der Waals surface area contributed by atoms with Crippen LogP contribution in [-0.4, -0.2) is 31.3 Å². The molecule has 0 radical (unpaired) electrons. The molecule has 2 aliphatic rings. The minimum absolute atomic E-state index is 0.374. The van der Waals surface area contributed by atoms with Crippen LogP contribution >= 0.6 is 0 Å². The van der Waals surface area contributed by atoms with Crippen LogP contribution in [0.5, 0.6) is 0 Å². The third-order valence-electron chi connectivity index (χ3n) is 5.41. The molecule has 0 fully saturated rings. The zero-order valence-corrected chi connectivity index (χ0v) is 14.5. The van der Waals surface area contributed by atoms with Crippen molar-refractivity contribution < 1.29 is 13.2 Å². The number of hydrogen-bond acceptors (Lipinski definition) is 5. The van der Waals surface area contributed by atoms with Gasteiger partial charge in [-0.05, 0) is 37.3 Å². The SMILES string of the molecule is FC(F)(F)c1cnc2c(c1)CN(c1nn3cnnc3c3c1CCCC3)CC2. The highest BCUT2D eigenvalue weighted by molar-refractivity contribution is 5.61. The van der Waals surface area contributed by atoms with Crippen molar-refractivity contribution in [1.29, 1.82) is 0 Å². The fraction of sp³-hybridized carbons (Fsp3) is 0.444. The molecule has 6 nitrogen and oxygen atoms in total. The Morgan fingerprint density at radius 1 is 1.04 bits per heavy atom. The monoisotopic (exact) mass is 374 g/mol. The van der Waals surface area contributed by atoms with Gasteiger partial charge >= 0.3 is 6.18 Å². The molecule has 3 aromatic heterocycles. The minimum Gasteiger partial charge on any atom is -0.350 e. The molecule has 140 valence electrons. The van der Waals surface area contributed by atoms with E-state index in [1.54, 1.807) is 10.8 Å². The Bertz CT molecular complexity index is 1030. The zero-order chi connectivity index (χ0) is 18.6. The van der Waals surface area contributed by atoms with Gasteiger partial charge in [-0.25, -0.2) is 0 Å². The maximum Gasteiger partial charge on any atom is 0.417 e. The highest BCUT2D eigenvalue weighted by Crippen LogP contribution is 2.35. The molecule has 0 saturated carbocycles. The zero-order valence-electron chi connectivity index (χ0n) is 14.5. The first-order valence-corrected chi connectivity index (χ1v) is 9.02. The van der Waals surface area contributed by atoms with Crippen molar-refractivity contribution in [1.82, 2.24) is 24.8 Å². The summed E-state index contributed by atoms with van der Waals surface area (Å²) in [5, 5.41) is 12.8. The van der Waals surface area contributed by atoms with E-state index in [0.29, 0.717) is 25.1 Å². The first kappa shape index (κ1) is 16.5. The number of aryl methyl sites for hydroxylation is 1. The fourth-order valence-electron chi connectivity index (χ4n) is 4.08. The predicted molar refractivity (Wildman–Crippen MR) is 91.4 cm³/mol. The van der Waals surface area contributed by atoms with Crippen LogP contribution in [-0.2, 0) is 32.0 Å². The molecule has 1 aliphatic heterocycles. The molecule has 0 N–H and O–H groups in total. The second-order valence-corrected chi connectivity index (χ2v) is 7.09. The van der Waals surface area contributed by atoms with E-state index in [4.69, 9.17) is 5.10 Å². The predicted octanol–water partition coefficient (Wildman–Crippen LogP) is 2.98. The first-order valence-electron chi connectivity index (χ1n) is 9.02. The van der Waals surface area contributed by atoms with Gasteiger partial charge in [0.25, 0.3) is 0 Å². The summed E-state index contributed by atoms with van der Waals surface area (Å²) in [7, 11) is 0. The molecular weight excluding hydrogens is 357 g/mol. The van der Waals surface area contributed by atoms with Crippen LogP contribution in [0.1, 0.15) is 40.8 Å². The number of hydrogen-bond donors (Lipinski definition) is 0. The quantitative estimate of drug-likeness (QED) is 0.655. The van der Waals surface area contributed by atoms with Gasteiger partial charge in [-0.15, -0.1) is 15.3 Å². The van der Waals surface area contributed by atoms with Crippen LogP contribution in [0.3, 0.4) is 0 Å². The van der Waals surface area contributed by atoms with Crippen molar-refractivity contribution in [2.75, 3.05) is 11.4 Å². The van der Waals surface area contributed by atoms with Gasteiger partial charge in [0.05, 0.1) is 5.56 Å². The number of rotatable bonds is 1. The van der Waals surface area contributed by atoms with E-state index >= 15 is 0 Å². The average molecular weight is 374 g/mol. The van der Waals surface area contributed by atoms with Gasteiger partial charge < -0.3 is 4.90 Å².